The SMILES string of the molecule is COc1cc(CCN)ccc1OCCCF. The van der Waals surface area contributed by atoms with Crippen LogP contribution in [0.5, 0.6) is 11.5 Å². The van der Waals surface area contributed by atoms with E-state index in [1.807, 2.05) is 18.2 Å². The molecule has 0 aliphatic heterocycles. The molecule has 1 rings (SSSR count). The molecule has 16 heavy (non-hydrogen) atoms. The van der Waals surface area contributed by atoms with Gasteiger partial charge >= 0.3 is 0 Å². The first kappa shape index (κ1) is 12.8. The van der Waals surface area contributed by atoms with Gasteiger partial charge in [0, 0.05) is 6.42 Å². The Morgan fingerprint density at radius 3 is 2.75 bits per heavy atom. The molecule has 0 saturated heterocycles. The van der Waals surface area contributed by atoms with E-state index >= 15 is 0 Å². The van der Waals surface area contributed by atoms with Crippen LogP contribution < -0.4 is 15.2 Å². The Balaban J connectivity index is 2.68. The van der Waals surface area contributed by atoms with E-state index in [9.17, 15) is 4.39 Å². The summed E-state index contributed by atoms with van der Waals surface area (Å²) in [6.07, 6.45) is 1.20. The first-order valence-corrected chi connectivity index (χ1v) is 5.37. The minimum atomic E-state index is -0.367. The quantitative estimate of drug-likeness (QED) is 0.724. The minimum Gasteiger partial charge on any atom is -0.493 e. The summed E-state index contributed by atoms with van der Waals surface area (Å²) >= 11 is 0. The van der Waals surface area contributed by atoms with Gasteiger partial charge < -0.3 is 15.2 Å². The van der Waals surface area contributed by atoms with Crippen LogP contribution in [0.15, 0.2) is 18.2 Å². The number of nitrogens with two attached hydrogens (primary N) is 1. The van der Waals surface area contributed by atoms with Crippen molar-refractivity contribution in [1.29, 1.82) is 0 Å². The van der Waals surface area contributed by atoms with Crippen molar-refractivity contribution in [3.8, 4) is 11.5 Å². The van der Waals surface area contributed by atoms with Crippen molar-refractivity contribution in [2.45, 2.75) is 12.8 Å². The van der Waals surface area contributed by atoms with Crippen molar-refractivity contribution in [2.24, 2.45) is 5.73 Å². The summed E-state index contributed by atoms with van der Waals surface area (Å²) in [6, 6.07) is 5.68. The van der Waals surface area contributed by atoms with E-state index in [4.69, 9.17) is 15.2 Å². The van der Waals surface area contributed by atoms with Crippen LogP contribution in [0, 0.1) is 0 Å². The molecule has 0 aliphatic carbocycles. The normalized spacial score (nSPS) is 10.2. The van der Waals surface area contributed by atoms with E-state index in [1.54, 1.807) is 7.11 Å². The largest absolute Gasteiger partial charge is 0.493 e. The van der Waals surface area contributed by atoms with Crippen molar-refractivity contribution in [1.82, 2.24) is 0 Å². The van der Waals surface area contributed by atoms with Gasteiger partial charge in [0.25, 0.3) is 0 Å². The van der Waals surface area contributed by atoms with Crippen LogP contribution in [0.3, 0.4) is 0 Å². The van der Waals surface area contributed by atoms with Gasteiger partial charge in [-0.05, 0) is 30.7 Å². The third kappa shape index (κ3) is 3.70. The molecule has 0 bridgehead atoms. The second kappa shape index (κ2) is 7.06. The highest BCUT2D eigenvalue weighted by Gasteiger charge is 2.05. The predicted octanol–water partition coefficient (Wildman–Crippen LogP) is 1.93. The maximum Gasteiger partial charge on any atom is 0.161 e. The highest BCUT2D eigenvalue weighted by Crippen LogP contribution is 2.28. The number of alkyl halides is 1. The van der Waals surface area contributed by atoms with Gasteiger partial charge in [0.15, 0.2) is 11.5 Å². The van der Waals surface area contributed by atoms with Crippen LogP contribution in [0.2, 0.25) is 0 Å². The van der Waals surface area contributed by atoms with Gasteiger partial charge in [-0.25, -0.2) is 0 Å². The lowest BCUT2D eigenvalue weighted by Gasteiger charge is -2.11. The molecule has 2 N–H and O–H groups in total. The molecule has 0 aliphatic rings. The van der Waals surface area contributed by atoms with Crippen molar-refractivity contribution >= 4 is 0 Å². The molecule has 0 fully saturated rings. The molecule has 0 aromatic heterocycles. The first-order chi connectivity index (χ1) is 7.81. The minimum absolute atomic E-state index is 0.364. The van der Waals surface area contributed by atoms with Gasteiger partial charge in [0.2, 0.25) is 0 Å². The lowest BCUT2D eigenvalue weighted by molar-refractivity contribution is 0.273. The lowest BCUT2D eigenvalue weighted by Crippen LogP contribution is -2.04. The molecule has 3 nitrogen and oxygen atoms in total. The molecule has 0 radical (unpaired) electrons. The van der Waals surface area contributed by atoms with E-state index in [-0.39, 0.29) is 6.67 Å². The van der Waals surface area contributed by atoms with Gasteiger partial charge in [-0.3, -0.25) is 4.39 Å². The second-order valence-electron chi connectivity index (χ2n) is 3.41. The standard InChI is InChI=1S/C12H18FNO2/c1-15-12-9-10(5-7-14)3-4-11(12)16-8-2-6-13/h3-4,9H,2,5-8,14H2,1H3. The molecule has 4 heteroatoms. The predicted molar refractivity (Wildman–Crippen MR) is 61.8 cm³/mol. The second-order valence-corrected chi connectivity index (χ2v) is 3.41. The summed E-state index contributed by atoms with van der Waals surface area (Å²) in [5.41, 5.74) is 6.58. The molecule has 0 amide bonds. The van der Waals surface area contributed by atoms with Gasteiger partial charge in [-0.2, -0.15) is 0 Å². The third-order valence-corrected chi connectivity index (χ3v) is 2.20. The zero-order valence-electron chi connectivity index (χ0n) is 9.54. The maximum atomic E-state index is 11.9. The summed E-state index contributed by atoms with van der Waals surface area (Å²) in [6.45, 7) is 0.599. The summed E-state index contributed by atoms with van der Waals surface area (Å²) in [5, 5.41) is 0. The summed E-state index contributed by atoms with van der Waals surface area (Å²) in [7, 11) is 1.59. The number of hydrogen-bond donors (Lipinski definition) is 1. The van der Waals surface area contributed by atoms with Gasteiger partial charge in [-0.15, -0.1) is 0 Å². The highest BCUT2D eigenvalue weighted by molar-refractivity contribution is 5.43. The maximum absolute atomic E-state index is 11.9. The average molecular weight is 227 g/mol. The van der Waals surface area contributed by atoms with Crippen molar-refractivity contribution in [2.75, 3.05) is 26.9 Å². The topological polar surface area (TPSA) is 44.5 Å². The highest BCUT2D eigenvalue weighted by atomic mass is 19.1. The van der Waals surface area contributed by atoms with E-state index in [0.717, 1.165) is 12.0 Å². The Bertz CT molecular complexity index is 318. The monoisotopic (exact) mass is 227 g/mol. The van der Waals surface area contributed by atoms with Crippen molar-refractivity contribution < 1.29 is 13.9 Å². The Hall–Kier alpha value is -1.29. The molecule has 1 aromatic rings. The molecule has 0 unspecified atom stereocenters. The molecule has 0 saturated carbocycles. The van der Waals surface area contributed by atoms with Crippen LogP contribution >= 0.6 is 0 Å². The number of methoxy groups -OCH3 is 1. The zero-order chi connectivity index (χ0) is 11.8. The Morgan fingerprint density at radius 1 is 1.31 bits per heavy atom. The van der Waals surface area contributed by atoms with Crippen molar-refractivity contribution in [3.05, 3.63) is 23.8 Å². The lowest BCUT2D eigenvalue weighted by atomic mass is 10.1. The number of rotatable bonds is 7. The van der Waals surface area contributed by atoms with E-state index in [0.29, 0.717) is 31.1 Å². The third-order valence-electron chi connectivity index (χ3n) is 2.20. The molecule has 1 aromatic carbocycles. The molecule has 0 heterocycles. The Kier molecular flexibility index (Phi) is 5.64. The van der Waals surface area contributed by atoms with E-state index in [1.165, 1.54) is 0 Å². The smallest absolute Gasteiger partial charge is 0.161 e. The molecular weight excluding hydrogens is 209 g/mol. The number of benzene rings is 1. The van der Waals surface area contributed by atoms with Gasteiger partial charge in [0.05, 0.1) is 20.4 Å². The van der Waals surface area contributed by atoms with Crippen LogP contribution in [-0.2, 0) is 6.42 Å². The molecule has 0 spiro atoms. The summed E-state index contributed by atoms with van der Waals surface area (Å²) < 4.78 is 22.5. The van der Waals surface area contributed by atoms with Crippen LogP contribution in [-0.4, -0.2) is 26.9 Å². The number of halogens is 1. The zero-order valence-corrected chi connectivity index (χ0v) is 9.54. The summed E-state index contributed by atoms with van der Waals surface area (Å²) in [5.74, 6) is 1.32. The first-order valence-electron chi connectivity index (χ1n) is 5.37. The fourth-order valence-corrected chi connectivity index (χ4v) is 1.39. The number of ether oxygens (including phenoxy) is 2. The summed E-state index contributed by atoms with van der Waals surface area (Å²) in [4.78, 5) is 0. The molecule has 0 atom stereocenters. The average Bonchev–Trinajstić information content (AvgIpc) is 2.31. The van der Waals surface area contributed by atoms with Gasteiger partial charge in [0.1, 0.15) is 0 Å². The Morgan fingerprint density at radius 2 is 2.12 bits per heavy atom. The van der Waals surface area contributed by atoms with Gasteiger partial charge in [-0.1, -0.05) is 6.07 Å². The van der Waals surface area contributed by atoms with Crippen molar-refractivity contribution in [3.63, 3.8) is 0 Å². The van der Waals surface area contributed by atoms with Crippen LogP contribution in [0.1, 0.15) is 12.0 Å². The fraction of sp³-hybridized carbons (Fsp3) is 0.500. The van der Waals surface area contributed by atoms with Crippen LogP contribution in [0.25, 0.3) is 0 Å². The fourth-order valence-electron chi connectivity index (χ4n) is 1.39. The van der Waals surface area contributed by atoms with E-state index < -0.39 is 0 Å². The Labute approximate surface area is 95.4 Å². The van der Waals surface area contributed by atoms with Crippen LogP contribution in [0.4, 0.5) is 4.39 Å². The number of hydrogen-bond acceptors (Lipinski definition) is 3. The van der Waals surface area contributed by atoms with E-state index in [2.05, 4.69) is 0 Å². The molecule has 90 valence electrons. The molecular formula is C12H18FNO2.